The summed E-state index contributed by atoms with van der Waals surface area (Å²) < 4.78 is 6.16. The molecule has 0 N–H and O–H groups in total. The van der Waals surface area contributed by atoms with Crippen molar-refractivity contribution in [2.45, 2.75) is 63.2 Å². The molecule has 2 aliphatic rings. The third kappa shape index (κ3) is 6.09. The highest BCUT2D eigenvalue weighted by Crippen LogP contribution is 2.61. The summed E-state index contributed by atoms with van der Waals surface area (Å²) in [6.45, 7) is 13.8. The topological polar surface area (TPSA) is 16.4 Å². The highest BCUT2D eigenvalue weighted by molar-refractivity contribution is 6.03. The quantitative estimate of drug-likeness (QED) is 0.159. The lowest BCUT2D eigenvalue weighted by Crippen LogP contribution is -2.29. The van der Waals surface area contributed by atoms with Crippen LogP contribution in [0.15, 0.2) is 229 Å². The van der Waals surface area contributed by atoms with Gasteiger partial charge in [-0.15, -0.1) is 0 Å². The maximum Gasteiger partial charge on any atom is 0.135 e. The van der Waals surface area contributed by atoms with Gasteiger partial charge < -0.3 is 9.32 Å². The van der Waals surface area contributed by atoms with Crippen LogP contribution in [-0.2, 0) is 21.7 Å². The molecular weight excluding hydrogens is 823 g/mol. The van der Waals surface area contributed by atoms with Gasteiger partial charge in [-0.1, -0.05) is 224 Å². The van der Waals surface area contributed by atoms with Crippen molar-refractivity contribution in [3.8, 4) is 22.3 Å². The Labute approximate surface area is 401 Å². The van der Waals surface area contributed by atoms with Crippen molar-refractivity contribution in [2.24, 2.45) is 0 Å². The molecule has 0 fully saturated rings. The number of benzene rings is 9. The summed E-state index contributed by atoms with van der Waals surface area (Å²) in [5.41, 5.74) is 20.8. The van der Waals surface area contributed by atoms with Gasteiger partial charge in [0.1, 0.15) is 5.58 Å². The van der Waals surface area contributed by atoms with Gasteiger partial charge in [-0.2, -0.15) is 0 Å². The Bertz CT molecular complexity index is 3410. The van der Waals surface area contributed by atoms with Gasteiger partial charge in [0.2, 0.25) is 0 Å². The fourth-order valence-corrected chi connectivity index (χ4v) is 11.9. The zero-order valence-electron chi connectivity index (χ0n) is 39.7. The predicted molar refractivity (Wildman–Crippen MR) is 283 cm³/mol. The average Bonchev–Trinajstić information content (AvgIpc) is 4.06. The summed E-state index contributed by atoms with van der Waals surface area (Å²) >= 11 is 0. The van der Waals surface area contributed by atoms with E-state index in [1.165, 1.54) is 77.9 Å². The highest BCUT2D eigenvalue weighted by Gasteiger charge is 2.49. The van der Waals surface area contributed by atoms with Crippen LogP contribution in [0.2, 0.25) is 0 Å². The molecule has 0 radical (unpaired) electrons. The van der Waals surface area contributed by atoms with Crippen LogP contribution in [0, 0.1) is 0 Å². The third-order valence-corrected chi connectivity index (χ3v) is 15.1. The van der Waals surface area contributed by atoms with Gasteiger partial charge in [-0.25, -0.2) is 0 Å². The lowest BCUT2D eigenvalue weighted by Gasteiger charge is -2.35. The normalized spacial score (nSPS) is 14.3. The van der Waals surface area contributed by atoms with Gasteiger partial charge in [0.25, 0.3) is 0 Å². The number of fused-ring (bicyclic) bond motifs is 7. The van der Waals surface area contributed by atoms with Gasteiger partial charge in [0.15, 0.2) is 0 Å². The van der Waals surface area contributed by atoms with Gasteiger partial charge in [-0.05, 0) is 120 Å². The largest absolute Gasteiger partial charge is 0.464 e. The van der Waals surface area contributed by atoms with E-state index in [1.807, 2.05) is 6.26 Å². The summed E-state index contributed by atoms with van der Waals surface area (Å²) in [7, 11) is 0. The fourth-order valence-electron chi connectivity index (χ4n) is 11.9. The Balaban J connectivity index is 1.15. The monoisotopic (exact) mass is 877 g/mol. The Kier molecular flexibility index (Phi) is 9.47. The molecule has 12 rings (SSSR count). The smallest absolute Gasteiger partial charge is 0.135 e. The summed E-state index contributed by atoms with van der Waals surface area (Å²) in [6.07, 6.45) is 1.82. The summed E-state index contributed by atoms with van der Waals surface area (Å²) in [4.78, 5) is 2.50. The zero-order chi connectivity index (χ0) is 46.4. The molecule has 0 saturated carbocycles. The second kappa shape index (κ2) is 15.4. The molecule has 0 aliphatic heterocycles. The number of rotatable bonds is 7. The van der Waals surface area contributed by atoms with E-state index in [4.69, 9.17) is 4.42 Å². The van der Waals surface area contributed by atoms with Crippen LogP contribution in [0.1, 0.15) is 97.2 Å². The van der Waals surface area contributed by atoms with E-state index < -0.39 is 10.8 Å². The first-order chi connectivity index (χ1) is 33.0. The second-order valence-corrected chi connectivity index (χ2v) is 20.9. The molecule has 1 aromatic heterocycles. The lowest BCUT2D eigenvalue weighted by atomic mass is 9.67. The second-order valence-electron chi connectivity index (χ2n) is 20.9. The molecule has 0 amide bonds. The fraction of sp³-hybridized carbons (Fsp3) is 0.152. The number of anilines is 3. The molecule has 2 aliphatic carbocycles. The summed E-state index contributed by atoms with van der Waals surface area (Å²) in [5.74, 6) is 0. The van der Waals surface area contributed by atoms with Crippen molar-refractivity contribution < 1.29 is 4.42 Å². The van der Waals surface area contributed by atoms with Crippen molar-refractivity contribution in [2.75, 3.05) is 4.90 Å². The van der Waals surface area contributed by atoms with E-state index in [1.54, 1.807) is 0 Å². The Morgan fingerprint density at radius 2 is 0.838 bits per heavy atom. The van der Waals surface area contributed by atoms with E-state index in [9.17, 15) is 0 Å². The number of nitrogens with zero attached hydrogens (tertiary/aromatic N) is 1. The molecule has 0 spiro atoms. The van der Waals surface area contributed by atoms with E-state index in [2.05, 4.69) is 265 Å². The minimum absolute atomic E-state index is 0.0194. The SMILES string of the molecule is CC(C)(C)c1ccc(C2(c3ccc(C(C)(C)C)cc3)c3ccccc3-c3c(N(c4ccc5c(c4)-c4ccccc4C5(c4ccccc4)c4ccccc4)c4cccc5occc45)cccc32)cc1. The number of furan rings is 1. The maximum atomic E-state index is 6.16. The molecule has 0 saturated heterocycles. The van der Waals surface area contributed by atoms with E-state index in [0.717, 1.165) is 28.0 Å². The van der Waals surface area contributed by atoms with Gasteiger partial charge >= 0.3 is 0 Å². The Morgan fingerprint density at radius 1 is 0.368 bits per heavy atom. The van der Waals surface area contributed by atoms with Crippen molar-refractivity contribution in [1.29, 1.82) is 0 Å². The Morgan fingerprint density at radius 3 is 1.44 bits per heavy atom. The number of hydrogen-bond donors (Lipinski definition) is 0. The predicted octanol–water partition coefficient (Wildman–Crippen LogP) is 17.2. The standard InChI is InChI=1S/C66H55NO/c1-63(2,3)44-31-35-48(36-32-44)66(49-37-33-45(34-38-49)64(4,5)6)56-26-16-14-24-52(56)62-58(66)27-17-29-60(62)67(59-28-18-30-61-53(59)41-42-68-61)50-39-40-57-54(43-50)51-23-13-15-25-55(51)65(57,46-19-9-7-10-20-46)47-21-11-8-12-22-47/h7-43H,1-6H3. The zero-order valence-corrected chi connectivity index (χ0v) is 39.7. The molecule has 68 heavy (non-hydrogen) atoms. The van der Waals surface area contributed by atoms with Gasteiger partial charge in [-0.3, -0.25) is 0 Å². The third-order valence-electron chi connectivity index (χ3n) is 15.1. The first-order valence-electron chi connectivity index (χ1n) is 24.1. The molecule has 0 atom stereocenters. The number of hydrogen-bond acceptors (Lipinski definition) is 2. The van der Waals surface area contributed by atoms with Crippen LogP contribution < -0.4 is 4.90 Å². The molecule has 2 heteroatoms. The van der Waals surface area contributed by atoms with E-state index in [-0.39, 0.29) is 10.8 Å². The molecule has 9 aromatic carbocycles. The minimum atomic E-state index is -0.593. The summed E-state index contributed by atoms with van der Waals surface area (Å²) in [5, 5.41) is 1.06. The maximum absolute atomic E-state index is 6.16. The molecule has 0 bridgehead atoms. The van der Waals surface area contributed by atoms with Crippen molar-refractivity contribution in [1.82, 2.24) is 0 Å². The van der Waals surface area contributed by atoms with Crippen molar-refractivity contribution in [3.63, 3.8) is 0 Å². The van der Waals surface area contributed by atoms with Gasteiger partial charge in [0, 0.05) is 16.6 Å². The van der Waals surface area contributed by atoms with Crippen LogP contribution in [0.5, 0.6) is 0 Å². The molecular formula is C66H55NO. The average molecular weight is 878 g/mol. The van der Waals surface area contributed by atoms with Crippen LogP contribution in [0.4, 0.5) is 17.1 Å². The summed E-state index contributed by atoms with van der Waals surface area (Å²) in [6, 6.07) is 82.0. The van der Waals surface area contributed by atoms with E-state index >= 15 is 0 Å². The molecule has 2 nitrogen and oxygen atoms in total. The minimum Gasteiger partial charge on any atom is -0.464 e. The van der Waals surface area contributed by atoms with Gasteiger partial charge in [0.05, 0.1) is 28.5 Å². The van der Waals surface area contributed by atoms with E-state index in [0.29, 0.717) is 0 Å². The molecule has 1 heterocycles. The first kappa shape index (κ1) is 41.7. The lowest BCUT2D eigenvalue weighted by molar-refractivity contribution is 0.588. The highest BCUT2D eigenvalue weighted by atomic mass is 16.3. The molecule has 0 unspecified atom stereocenters. The molecule has 10 aromatic rings. The van der Waals surface area contributed by atoms with Crippen LogP contribution >= 0.6 is 0 Å². The Hall–Kier alpha value is -7.68. The van der Waals surface area contributed by atoms with Crippen molar-refractivity contribution >= 4 is 28.0 Å². The first-order valence-corrected chi connectivity index (χ1v) is 24.1. The van der Waals surface area contributed by atoms with Crippen LogP contribution in [0.25, 0.3) is 33.2 Å². The van der Waals surface area contributed by atoms with Crippen LogP contribution in [0.3, 0.4) is 0 Å². The van der Waals surface area contributed by atoms with Crippen molar-refractivity contribution in [3.05, 3.63) is 280 Å². The molecule has 330 valence electrons. The van der Waals surface area contributed by atoms with Crippen LogP contribution in [-0.4, -0.2) is 0 Å².